The molecule has 0 spiro atoms. The second-order valence-corrected chi connectivity index (χ2v) is 8.58. The Balaban J connectivity index is 1.64. The smallest absolute Gasteiger partial charge is 0.394 e. The van der Waals surface area contributed by atoms with Crippen LogP contribution in [-0.2, 0) is 24.6 Å². The zero-order valence-corrected chi connectivity index (χ0v) is 18.9. The van der Waals surface area contributed by atoms with E-state index < -0.39 is 17.3 Å². The fraction of sp³-hybridized carbons (Fsp3) is 0.333. The lowest BCUT2D eigenvalue weighted by Crippen LogP contribution is -2.39. The van der Waals surface area contributed by atoms with Crippen LogP contribution in [0.5, 0.6) is 0 Å². The molecule has 1 amide bonds. The Morgan fingerprint density at radius 2 is 1.91 bits per heavy atom. The maximum atomic E-state index is 13.3. The molecule has 1 saturated carbocycles. The van der Waals surface area contributed by atoms with Crippen molar-refractivity contribution in [2.75, 3.05) is 16.5 Å². The van der Waals surface area contributed by atoms with Crippen molar-refractivity contribution >= 4 is 40.6 Å². The number of aryl methyl sites for hydroxylation is 1. The number of carbonyl (C=O) groups is 1. The molecule has 7 nitrogen and oxygen atoms in total. The highest BCUT2D eigenvalue weighted by molar-refractivity contribution is 6.28. The first-order chi connectivity index (χ1) is 15.5. The molecule has 4 rings (SSSR count). The second-order valence-electron chi connectivity index (χ2n) is 7.98. The summed E-state index contributed by atoms with van der Waals surface area (Å²) in [6, 6.07) is 6.70. The van der Waals surface area contributed by atoms with E-state index in [4.69, 9.17) is 28.9 Å². The van der Waals surface area contributed by atoms with Gasteiger partial charge in [-0.2, -0.15) is 18.2 Å². The first-order valence-corrected chi connectivity index (χ1v) is 10.8. The summed E-state index contributed by atoms with van der Waals surface area (Å²) in [5.74, 6) is 0.301. The molecule has 1 fully saturated rings. The molecule has 1 aromatic carbocycles. The molecule has 2 heterocycles. The summed E-state index contributed by atoms with van der Waals surface area (Å²) in [5, 5.41) is -0.0571. The predicted octanol–water partition coefficient (Wildman–Crippen LogP) is 4.68. The number of aromatic nitrogens is 4. The summed E-state index contributed by atoms with van der Waals surface area (Å²) < 4.78 is 40.3. The van der Waals surface area contributed by atoms with Crippen molar-refractivity contribution in [3.63, 3.8) is 0 Å². The van der Waals surface area contributed by atoms with Crippen LogP contribution in [-0.4, -0.2) is 31.3 Å². The minimum Gasteiger partial charge on any atom is -0.394 e. The summed E-state index contributed by atoms with van der Waals surface area (Å²) in [6.45, 7) is 0.115. The van der Waals surface area contributed by atoms with Crippen molar-refractivity contribution in [3.8, 4) is 11.4 Å². The Bertz CT molecular complexity index is 1190. The van der Waals surface area contributed by atoms with Crippen LogP contribution < -0.4 is 10.6 Å². The van der Waals surface area contributed by atoms with Gasteiger partial charge in [-0.1, -0.05) is 24.3 Å². The van der Waals surface area contributed by atoms with Crippen LogP contribution in [0.3, 0.4) is 0 Å². The molecule has 0 radical (unpaired) electrons. The maximum absolute atomic E-state index is 13.3. The molecule has 174 valence electrons. The maximum Gasteiger partial charge on any atom is 0.434 e. The van der Waals surface area contributed by atoms with Crippen LogP contribution in [0.25, 0.3) is 11.4 Å². The number of amides is 1. The Morgan fingerprint density at radius 3 is 2.45 bits per heavy atom. The van der Waals surface area contributed by atoms with E-state index >= 15 is 0 Å². The average Bonchev–Trinajstić information content (AvgIpc) is 3.48. The van der Waals surface area contributed by atoms with Gasteiger partial charge >= 0.3 is 6.18 Å². The molecule has 0 unspecified atom stereocenters. The molecule has 33 heavy (non-hydrogen) atoms. The number of halogens is 5. The first kappa shape index (κ1) is 23.3. The summed E-state index contributed by atoms with van der Waals surface area (Å²) in [6.07, 6.45) is -0.953. The van der Waals surface area contributed by atoms with Crippen molar-refractivity contribution in [2.45, 2.75) is 25.6 Å². The van der Waals surface area contributed by atoms with Gasteiger partial charge in [0.1, 0.15) is 5.82 Å². The van der Waals surface area contributed by atoms with E-state index in [-0.39, 0.29) is 40.9 Å². The number of anilines is 2. The molecule has 2 aromatic heterocycles. The topological polar surface area (TPSA) is 89.9 Å². The van der Waals surface area contributed by atoms with Crippen molar-refractivity contribution in [1.29, 1.82) is 0 Å². The molecule has 0 saturated heterocycles. The third-order valence-corrected chi connectivity index (χ3v) is 6.24. The largest absolute Gasteiger partial charge is 0.434 e. The fourth-order valence-corrected chi connectivity index (χ4v) is 3.99. The summed E-state index contributed by atoms with van der Waals surface area (Å²) >= 11 is 12.0. The van der Waals surface area contributed by atoms with Gasteiger partial charge in [0.05, 0.1) is 23.8 Å². The third-order valence-electron chi connectivity index (χ3n) is 5.55. The van der Waals surface area contributed by atoms with Gasteiger partial charge in [0.25, 0.3) is 0 Å². The lowest BCUT2D eigenvalue weighted by Gasteiger charge is -2.27. The minimum absolute atomic E-state index is 0.0571. The van der Waals surface area contributed by atoms with Crippen molar-refractivity contribution < 1.29 is 18.0 Å². The number of nitrogen functional groups attached to an aromatic ring is 1. The molecule has 1 aliphatic carbocycles. The normalized spacial score (nSPS) is 14.8. The summed E-state index contributed by atoms with van der Waals surface area (Å²) in [7, 11) is 1.49. The van der Waals surface area contributed by atoms with Gasteiger partial charge in [0.15, 0.2) is 11.5 Å². The Hall–Kier alpha value is -2.85. The molecule has 0 aliphatic heterocycles. The molecule has 1 aliphatic rings. The molecule has 0 atom stereocenters. The van der Waals surface area contributed by atoms with Gasteiger partial charge in [0, 0.05) is 24.7 Å². The molecule has 12 heteroatoms. The van der Waals surface area contributed by atoms with E-state index in [1.807, 2.05) is 0 Å². The number of nitrogens with zero attached hydrogens (tertiary/aromatic N) is 5. The van der Waals surface area contributed by atoms with E-state index in [2.05, 4.69) is 15.0 Å². The average molecular weight is 499 g/mol. The first-order valence-electron chi connectivity index (χ1n) is 9.90. The highest BCUT2D eigenvalue weighted by Gasteiger charge is 2.51. The Kier molecular flexibility index (Phi) is 6.00. The Morgan fingerprint density at radius 1 is 1.24 bits per heavy atom. The van der Waals surface area contributed by atoms with E-state index in [0.717, 1.165) is 6.20 Å². The highest BCUT2D eigenvalue weighted by Crippen LogP contribution is 2.49. The van der Waals surface area contributed by atoms with Crippen LogP contribution in [0.15, 0.2) is 36.7 Å². The SMILES string of the molecule is Cn1cc(C(F)(F)F)nc1-c1ccc(CN(C(=O)C2(CCl)CC2)c2nc(Cl)ncc2N)cc1. The van der Waals surface area contributed by atoms with Gasteiger partial charge in [-0.25, -0.2) is 9.97 Å². The van der Waals surface area contributed by atoms with Crippen LogP contribution in [0, 0.1) is 5.41 Å². The van der Waals surface area contributed by atoms with Crippen molar-refractivity contribution in [1.82, 2.24) is 19.5 Å². The number of hydrogen-bond acceptors (Lipinski definition) is 5. The number of nitrogens with two attached hydrogens (primary N) is 1. The molecule has 0 bridgehead atoms. The van der Waals surface area contributed by atoms with E-state index in [9.17, 15) is 18.0 Å². The fourth-order valence-electron chi connectivity index (χ4n) is 3.48. The van der Waals surface area contributed by atoms with E-state index in [1.165, 1.54) is 22.7 Å². The highest BCUT2D eigenvalue weighted by atomic mass is 35.5. The zero-order valence-electron chi connectivity index (χ0n) is 17.4. The molecular weight excluding hydrogens is 480 g/mol. The van der Waals surface area contributed by atoms with Crippen LogP contribution >= 0.6 is 23.2 Å². The van der Waals surface area contributed by atoms with Gasteiger partial charge < -0.3 is 10.3 Å². The number of hydrogen-bond donors (Lipinski definition) is 1. The van der Waals surface area contributed by atoms with Gasteiger partial charge in [-0.05, 0) is 30.0 Å². The van der Waals surface area contributed by atoms with Gasteiger partial charge in [-0.3, -0.25) is 9.69 Å². The monoisotopic (exact) mass is 498 g/mol. The summed E-state index contributed by atoms with van der Waals surface area (Å²) in [5.41, 5.74) is 5.78. The van der Waals surface area contributed by atoms with E-state index in [0.29, 0.717) is 24.0 Å². The lowest BCUT2D eigenvalue weighted by molar-refractivity contribution is -0.140. The second kappa shape index (κ2) is 8.49. The number of alkyl halides is 4. The molecular formula is C21H19Cl2F3N6O. The molecule has 2 N–H and O–H groups in total. The quantitative estimate of drug-likeness (QED) is 0.393. The standard InChI is InChI=1S/C21H19Cl2F3N6O/c1-31-10-15(21(24,25)26)29-16(31)13-4-2-12(3-5-13)9-32(18(33)20(11-22)6-7-20)17-14(27)8-28-19(23)30-17/h2-5,8,10H,6-7,9,11,27H2,1H3. The van der Waals surface area contributed by atoms with E-state index in [1.54, 1.807) is 24.3 Å². The predicted molar refractivity (Wildman–Crippen MR) is 119 cm³/mol. The molecule has 3 aromatic rings. The van der Waals surface area contributed by atoms with Crippen molar-refractivity contribution in [3.05, 3.63) is 53.2 Å². The third kappa shape index (κ3) is 4.63. The Labute approximate surface area is 197 Å². The minimum atomic E-state index is -4.53. The van der Waals surface area contributed by atoms with Crippen LogP contribution in [0.4, 0.5) is 24.7 Å². The zero-order chi connectivity index (χ0) is 24.0. The lowest BCUT2D eigenvalue weighted by atomic mass is 10.1. The number of rotatable bonds is 6. The number of imidazole rings is 1. The van der Waals surface area contributed by atoms with Crippen LogP contribution in [0.2, 0.25) is 5.28 Å². The number of benzene rings is 1. The van der Waals surface area contributed by atoms with Gasteiger partial charge in [-0.15, -0.1) is 11.6 Å². The van der Waals surface area contributed by atoms with Gasteiger partial charge in [0.2, 0.25) is 11.2 Å². The van der Waals surface area contributed by atoms with Crippen LogP contribution in [0.1, 0.15) is 24.1 Å². The number of carbonyl (C=O) groups excluding carboxylic acids is 1. The summed E-state index contributed by atoms with van der Waals surface area (Å²) in [4.78, 5) is 26.4. The van der Waals surface area contributed by atoms with Crippen molar-refractivity contribution in [2.24, 2.45) is 12.5 Å².